The Labute approximate surface area is 160 Å². The van der Waals surface area contributed by atoms with Crippen LogP contribution in [0.5, 0.6) is 0 Å². The fraction of sp³-hybridized carbons (Fsp3) is 0.375. The molecule has 138 valence electrons. The van der Waals surface area contributed by atoms with Gasteiger partial charge in [0.1, 0.15) is 0 Å². The van der Waals surface area contributed by atoms with Crippen LogP contribution >= 0.6 is 0 Å². The van der Waals surface area contributed by atoms with Gasteiger partial charge < -0.3 is 10.0 Å². The van der Waals surface area contributed by atoms with E-state index in [4.69, 9.17) is 0 Å². The van der Waals surface area contributed by atoms with Gasteiger partial charge in [-0.1, -0.05) is 61.4 Å². The van der Waals surface area contributed by atoms with Gasteiger partial charge in [-0.15, -0.1) is 0 Å². The van der Waals surface area contributed by atoms with E-state index >= 15 is 0 Å². The molecule has 2 fully saturated rings. The number of nitrogens with zero attached hydrogens (tertiary/aromatic N) is 2. The van der Waals surface area contributed by atoms with Gasteiger partial charge in [0.25, 0.3) is 0 Å². The first kappa shape index (κ1) is 16.8. The Morgan fingerprint density at radius 1 is 0.926 bits per heavy atom. The maximum atomic E-state index is 11.8. The SMILES string of the molecule is OC1(c2ccccc2)CCN(c2cccc3cccnc23)[C@H]2CCCC[C@H]21. The molecule has 0 spiro atoms. The lowest BCUT2D eigenvalue weighted by Crippen LogP contribution is -2.57. The molecule has 0 radical (unpaired) electrons. The topological polar surface area (TPSA) is 36.4 Å². The Morgan fingerprint density at radius 3 is 2.63 bits per heavy atom. The minimum Gasteiger partial charge on any atom is -0.385 e. The lowest BCUT2D eigenvalue weighted by atomic mass is 9.66. The van der Waals surface area contributed by atoms with Gasteiger partial charge in [-0.25, -0.2) is 0 Å². The highest BCUT2D eigenvalue weighted by Gasteiger charge is 2.49. The van der Waals surface area contributed by atoms with E-state index in [9.17, 15) is 5.11 Å². The number of anilines is 1. The number of aliphatic hydroxyl groups is 1. The molecule has 2 heterocycles. The number of aromatic nitrogens is 1. The Morgan fingerprint density at radius 2 is 1.74 bits per heavy atom. The minimum absolute atomic E-state index is 0.265. The zero-order valence-electron chi connectivity index (χ0n) is 15.6. The number of pyridine rings is 1. The molecule has 1 aliphatic carbocycles. The quantitative estimate of drug-likeness (QED) is 0.708. The molecule has 0 bridgehead atoms. The van der Waals surface area contributed by atoms with Crippen molar-refractivity contribution in [2.45, 2.75) is 43.7 Å². The highest BCUT2D eigenvalue weighted by atomic mass is 16.3. The summed E-state index contributed by atoms with van der Waals surface area (Å²) < 4.78 is 0. The van der Waals surface area contributed by atoms with Crippen molar-refractivity contribution in [3.63, 3.8) is 0 Å². The molecule has 0 amide bonds. The number of hydrogen-bond acceptors (Lipinski definition) is 3. The van der Waals surface area contributed by atoms with Crippen LogP contribution in [-0.2, 0) is 5.60 Å². The van der Waals surface area contributed by atoms with Crippen LogP contribution in [0.1, 0.15) is 37.7 Å². The van der Waals surface area contributed by atoms with Gasteiger partial charge in [-0.3, -0.25) is 4.98 Å². The molecule has 3 aromatic rings. The van der Waals surface area contributed by atoms with Gasteiger partial charge >= 0.3 is 0 Å². The molecule has 2 aromatic carbocycles. The predicted molar refractivity (Wildman–Crippen MR) is 110 cm³/mol. The number of piperidine rings is 1. The summed E-state index contributed by atoms with van der Waals surface area (Å²) in [5, 5.41) is 13.0. The number of hydrogen-bond donors (Lipinski definition) is 1. The summed E-state index contributed by atoms with van der Waals surface area (Å²) in [5.74, 6) is 0.265. The molecule has 2 aliphatic rings. The van der Waals surface area contributed by atoms with Gasteiger partial charge in [-0.2, -0.15) is 0 Å². The molecule has 1 saturated heterocycles. The predicted octanol–water partition coefficient (Wildman–Crippen LogP) is 4.89. The van der Waals surface area contributed by atoms with Crippen LogP contribution in [0.15, 0.2) is 66.9 Å². The van der Waals surface area contributed by atoms with Gasteiger partial charge in [-0.05, 0) is 37.0 Å². The van der Waals surface area contributed by atoms with E-state index in [1.54, 1.807) is 0 Å². The molecule has 3 atom stereocenters. The summed E-state index contributed by atoms with van der Waals surface area (Å²) in [6, 6.07) is 21.3. The average Bonchev–Trinajstić information content (AvgIpc) is 2.75. The molecule has 1 N–H and O–H groups in total. The van der Waals surface area contributed by atoms with Gasteiger partial charge in [0, 0.05) is 30.1 Å². The summed E-state index contributed by atoms with van der Waals surface area (Å²) in [6.45, 7) is 0.863. The van der Waals surface area contributed by atoms with Crippen molar-refractivity contribution in [3.8, 4) is 0 Å². The van der Waals surface area contributed by atoms with Crippen LogP contribution in [0, 0.1) is 5.92 Å². The largest absolute Gasteiger partial charge is 0.385 e. The number of rotatable bonds is 2. The lowest BCUT2D eigenvalue weighted by molar-refractivity contribution is -0.0688. The van der Waals surface area contributed by atoms with E-state index in [1.165, 1.54) is 23.9 Å². The molecule has 1 aliphatic heterocycles. The van der Waals surface area contributed by atoms with Gasteiger partial charge in [0.15, 0.2) is 0 Å². The van der Waals surface area contributed by atoms with E-state index in [0.717, 1.165) is 36.9 Å². The first-order valence-electron chi connectivity index (χ1n) is 10.2. The monoisotopic (exact) mass is 358 g/mol. The molecule has 3 nitrogen and oxygen atoms in total. The molecule has 1 unspecified atom stereocenters. The number of fused-ring (bicyclic) bond motifs is 2. The highest BCUT2D eigenvalue weighted by molar-refractivity contribution is 5.90. The zero-order chi connectivity index (χ0) is 18.3. The van der Waals surface area contributed by atoms with Gasteiger partial charge in [0.2, 0.25) is 0 Å². The fourth-order valence-corrected chi connectivity index (χ4v) is 5.39. The van der Waals surface area contributed by atoms with Crippen LogP contribution in [0.3, 0.4) is 0 Å². The van der Waals surface area contributed by atoms with Crippen molar-refractivity contribution in [1.82, 2.24) is 4.98 Å². The fourth-order valence-electron chi connectivity index (χ4n) is 5.39. The Balaban J connectivity index is 1.57. The standard InChI is InChI=1S/C24H26N2O/c27-24(19-10-2-1-3-11-19)15-17-26(21-13-5-4-12-20(21)24)22-14-6-8-18-9-7-16-25-23(18)22/h1-3,6-11,14,16,20-21,27H,4-5,12-13,15,17H2/t20-,21+,24?/m1/s1. The number of benzene rings is 2. The highest BCUT2D eigenvalue weighted by Crippen LogP contribution is 2.48. The second kappa shape index (κ2) is 6.65. The van der Waals surface area contributed by atoms with E-state index in [2.05, 4.69) is 46.3 Å². The van der Waals surface area contributed by atoms with Crippen LogP contribution in [0.4, 0.5) is 5.69 Å². The van der Waals surface area contributed by atoms with E-state index < -0.39 is 5.60 Å². The summed E-state index contributed by atoms with van der Waals surface area (Å²) in [5.41, 5.74) is 2.66. The normalized spacial score (nSPS) is 28.1. The van der Waals surface area contributed by atoms with Crippen molar-refractivity contribution in [2.24, 2.45) is 5.92 Å². The summed E-state index contributed by atoms with van der Waals surface area (Å²) >= 11 is 0. The second-order valence-corrected chi connectivity index (χ2v) is 8.04. The summed E-state index contributed by atoms with van der Waals surface area (Å²) in [6.07, 6.45) is 7.32. The molecular formula is C24H26N2O. The minimum atomic E-state index is -0.721. The van der Waals surface area contributed by atoms with Crippen molar-refractivity contribution in [2.75, 3.05) is 11.4 Å². The van der Waals surface area contributed by atoms with Crippen LogP contribution < -0.4 is 4.90 Å². The summed E-state index contributed by atoms with van der Waals surface area (Å²) in [4.78, 5) is 7.22. The van der Waals surface area contributed by atoms with Crippen LogP contribution in [0.2, 0.25) is 0 Å². The van der Waals surface area contributed by atoms with Crippen molar-refractivity contribution in [3.05, 3.63) is 72.4 Å². The van der Waals surface area contributed by atoms with E-state index in [0.29, 0.717) is 6.04 Å². The first-order chi connectivity index (χ1) is 13.3. The second-order valence-electron chi connectivity index (χ2n) is 8.04. The lowest BCUT2D eigenvalue weighted by Gasteiger charge is -2.53. The van der Waals surface area contributed by atoms with Crippen LogP contribution in [0.25, 0.3) is 10.9 Å². The molecular weight excluding hydrogens is 332 g/mol. The van der Waals surface area contributed by atoms with Crippen molar-refractivity contribution >= 4 is 16.6 Å². The van der Waals surface area contributed by atoms with E-state index in [-0.39, 0.29) is 5.92 Å². The van der Waals surface area contributed by atoms with Crippen molar-refractivity contribution in [1.29, 1.82) is 0 Å². The Kier molecular flexibility index (Phi) is 4.13. The molecule has 27 heavy (non-hydrogen) atoms. The maximum Gasteiger partial charge on any atom is 0.0961 e. The Bertz CT molecular complexity index is 936. The third-order valence-electron chi connectivity index (χ3n) is 6.67. The van der Waals surface area contributed by atoms with Crippen LogP contribution in [-0.4, -0.2) is 22.7 Å². The van der Waals surface area contributed by atoms with Gasteiger partial charge in [0.05, 0.1) is 16.8 Å². The Hall–Kier alpha value is -2.39. The third kappa shape index (κ3) is 2.72. The van der Waals surface area contributed by atoms with Crippen molar-refractivity contribution < 1.29 is 5.11 Å². The average molecular weight is 358 g/mol. The molecule has 1 saturated carbocycles. The molecule has 5 rings (SSSR count). The van der Waals surface area contributed by atoms with E-state index in [1.807, 2.05) is 30.5 Å². The molecule has 1 aromatic heterocycles. The third-order valence-corrected chi connectivity index (χ3v) is 6.67. The smallest absolute Gasteiger partial charge is 0.0961 e. The molecule has 3 heteroatoms. The zero-order valence-corrected chi connectivity index (χ0v) is 15.6. The first-order valence-corrected chi connectivity index (χ1v) is 10.2. The summed E-state index contributed by atoms with van der Waals surface area (Å²) in [7, 11) is 0. The number of para-hydroxylation sites is 1. The maximum absolute atomic E-state index is 11.8.